The Morgan fingerprint density at radius 2 is 1.44 bits per heavy atom. The molecule has 1 atom stereocenters. The van der Waals surface area contributed by atoms with E-state index < -0.39 is 40.2 Å². The molecule has 8 nitrogen and oxygen atoms in total. The van der Waals surface area contributed by atoms with Crippen molar-refractivity contribution in [3.63, 3.8) is 0 Å². The van der Waals surface area contributed by atoms with E-state index in [1.807, 2.05) is 30.3 Å². The van der Waals surface area contributed by atoms with E-state index in [-0.39, 0.29) is 35.9 Å². The molecule has 0 unspecified atom stereocenters. The van der Waals surface area contributed by atoms with Crippen molar-refractivity contribution in [3.05, 3.63) is 126 Å². The van der Waals surface area contributed by atoms with E-state index >= 15 is 0 Å². The minimum Gasteiger partial charge on any atom is -0.492 e. The molecule has 0 heterocycles. The maximum Gasteiger partial charge on any atom is 0.264 e. The zero-order valence-electron chi connectivity index (χ0n) is 24.0. The molecule has 1 N–H and O–H groups in total. The van der Waals surface area contributed by atoms with Gasteiger partial charge in [-0.3, -0.25) is 13.9 Å². The Morgan fingerprint density at radius 3 is 2.07 bits per heavy atom. The lowest BCUT2D eigenvalue weighted by atomic mass is 10.0. The Kier molecular flexibility index (Phi) is 10.5. The number of hydrogen-bond donors (Lipinski definition) is 1. The van der Waals surface area contributed by atoms with Gasteiger partial charge in [-0.15, -0.1) is 0 Å². The number of rotatable bonds is 13. The lowest BCUT2D eigenvalue weighted by molar-refractivity contribution is -0.139. The summed E-state index contributed by atoms with van der Waals surface area (Å²) in [6, 6.07) is 28.2. The minimum absolute atomic E-state index is 0.00803. The topological polar surface area (TPSA) is 96.0 Å². The molecule has 0 radical (unpaired) electrons. The van der Waals surface area contributed by atoms with Gasteiger partial charge in [-0.1, -0.05) is 72.8 Å². The van der Waals surface area contributed by atoms with Crippen molar-refractivity contribution < 1.29 is 27.1 Å². The number of nitrogens with one attached hydrogen (secondary N) is 1. The fraction of sp³-hybridized carbons (Fsp3) is 0.212. The van der Waals surface area contributed by atoms with Crippen LogP contribution in [0.25, 0.3) is 0 Å². The molecule has 0 saturated carbocycles. The first-order valence-electron chi connectivity index (χ1n) is 13.8. The number of anilines is 1. The molecule has 43 heavy (non-hydrogen) atoms. The summed E-state index contributed by atoms with van der Waals surface area (Å²) in [4.78, 5) is 29.0. The highest BCUT2D eigenvalue weighted by molar-refractivity contribution is 7.92. The molecule has 4 aromatic carbocycles. The fourth-order valence-electron chi connectivity index (χ4n) is 4.68. The minimum atomic E-state index is -4.26. The maximum absolute atomic E-state index is 14.3. The smallest absolute Gasteiger partial charge is 0.264 e. The van der Waals surface area contributed by atoms with Crippen molar-refractivity contribution in [1.29, 1.82) is 0 Å². The molecule has 0 aromatic heterocycles. The summed E-state index contributed by atoms with van der Waals surface area (Å²) in [5.41, 5.74) is 1.56. The van der Waals surface area contributed by atoms with Gasteiger partial charge in [0.05, 0.1) is 17.2 Å². The van der Waals surface area contributed by atoms with Gasteiger partial charge in [-0.25, -0.2) is 12.8 Å². The van der Waals surface area contributed by atoms with Crippen LogP contribution in [-0.2, 0) is 32.6 Å². The Balaban J connectivity index is 1.81. The predicted molar refractivity (Wildman–Crippen MR) is 164 cm³/mol. The van der Waals surface area contributed by atoms with Crippen LogP contribution in [0.5, 0.6) is 5.75 Å². The van der Waals surface area contributed by atoms with Crippen molar-refractivity contribution in [2.45, 2.75) is 30.8 Å². The molecule has 0 aliphatic heterocycles. The van der Waals surface area contributed by atoms with Crippen LogP contribution in [0.1, 0.15) is 18.1 Å². The van der Waals surface area contributed by atoms with Crippen LogP contribution in [0, 0.1) is 5.82 Å². The molecular formula is C33H34FN3O5S. The second-order valence-corrected chi connectivity index (χ2v) is 11.6. The summed E-state index contributed by atoms with van der Waals surface area (Å²) in [5.74, 6) is -1.21. The molecule has 0 aliphatic rings. The van der Waals surface area contributed by atoms with Gasteiger partial charge in [0.15, 0.2) is 0 Å². The van der Waals surface area contributed by atoms with Crippen molar-refractivity contribution in [3.8, 4) is 5.75 Å². The number of para-hydroxylation sites is 2. The van der Waals surface area contributed by atoms with Crippen LogP contribution in [0.2, 0.25) is 0 Å². The first-order chi connectivity index (χ1) is 20.7. The monoisotopic (exact) mass is 603 g/mol. The summed E-state index contributed by atoms with van der Waals surface area (Å²) in [6.07, 6.45) is 0.175. The van der Waals surface area contributed by atoms with Gasteiger partial charge in [0.2, 0.25) is 11.8 Å². The number of nitrogens with zero attached hydrogens (tertiary/aromatic N) is 2. The van der Waals surface area contributed by atoms with Gasteiger partial charge in [0, 0.05) is 20.0 Å². The second kappa shape index (κ2) is 14.5. The molecule has 0 spiro atoms. The standard InChI is InChI=1S/C33H34FN3O5S/c1-3-42-31-17-11-10-16-29(31)37(43(40,41)28-14-8-5-9-15-28)24-32(38)36(23-26-18-20-27(34)21-19-26)30(33(39)35-2)22-25-12-6-4-7-13-25/h4-21,30H,3,22-24H2,1-2H3,(H,35,39)/t30-/m0/s1. The number of benzene rings is 4. The van der Waals surface area contributed by atoms with E-state index in [4.69, 9.17) is 4.74 Å². The molecule has 0 bridgehead atoms. The number of amides is 2. The third-order valence-corrected chi connectivity index (χ3v) is 8.60. The summed E-state index contributed by atoms with van der Waals surface area (Å²) in [7, 11) is -2.78. The molecule has 4 aromatic rings. The molecule has 2 amide bonds. The number of carbonyl (C=O) groups excluding carboxylic acids is 2. The Labute approximate surface area is 251 Å². The number of likely N-dealkylation sites (N-methyl/N-ethyl adjacent to an activating group) is 1. The van der Waals surface area contributed by atoms with Crippen molar-refractivity contribution >= 4 is 27.5 Å². The van der Waals surface area contributed by atoms with E-state index in [0.29, 0.717) is 5.56 Å². The second-order valence-electron chi connectivity index (χ2n) is 9.69. The van der Waals surface area contributed by atoms with E-state index in [1.54, 1.807) is 49.4 Å². The molecule has 10 heteroatoms. The van der Waals surface area contributed by atoms with Crippen LogP contribution in [0.4, 0.5) is 10.1 Å². The first-order valence-corrected chi connectivity index (χ1v) is 15.3. The Bertz CT molecular complexity index is 1620. The number of hydrogen-bond acceptors (Lipinski definition) is 5. The van der Waals surface area contributed by atoms with Crippen molar-refractivity contribution in [2.24, 2.45) is 0 Å². The molecule has 0 aliphatic carbocycles. The quantitative estimate of drug-likeness (QED) is 0.237. The molecule has 4 rings (SSSR count). The summed E-state index contributed by atoms with van der Waals surface area (Å²) in [5, 5.41) is 2.64. The number of carbonyl (C=O) groups is 2. The average molecular weight is 604 g/mol. The number of ether oxygens (including phenoxy) is 1. The number of halogens is 1. The average Bonchev–Trinajstić information content (AvgIpc) is 3.03. The molecular weight excluding hydrogens is 569 g/mol. The highest BCUT2D eigenvalue weighted by Crippen LogP contribution is 2.33. The normalized spacial score (nSPS) is 11.8. The van der Waals surface area contributed by atoms with Gasteiger partial charge >= 0.3 is 0 Å². The van der Waals surface area contributed by atoms with E-state index in [9.17, 15) is 22.4 Å². The van der Waals surface area contributed by atoms with Crippen molar-refractivity contribution in [2.75, 3.05) is 24.5 Å². The van der Waals surface area contributed by atoms with E-state index in [1.165, 1.54) is 48.3 Å². The van der Waals surface area contributed by atoms with E-state index in [0.717, 1.165) is 9.87 Å². The maximum atomic E-state index is 14.3. The van der Waals surface area contributed by atoms with Gasteiger partial charge in [-0.05, 0) is 54.4 Å². The summed E-state index contributed by atoms with van der Waals surface area (Å²) >= 11 is 0. The SMILES string of the molecule is CCOc1ccccc1N(CC(=O)N(Cc1ccc(F)cc1)[C@@H](Cc1ccccc1)C(=O)NC)S(=O)(=O)c1ccccc1. The van der Waals surface area contributed by atoms with Gasteiger partial charge < -0.3 is 15.0 Å². The summed E-state index contributed by atoms with van der Waals surface area (Å²) < 4.78 is 48.6. The number of sulfonamides is 1. The zero-order valence-corrected chi connectivity index (χ0v) is 24.8. The highest BCUT2D eigenvalue weighted by atomic mass is 32.2. The molecule has 0 saturated heterocycles. The molecule has 0 fully saturated rings. The lowest BCUT2D eigenvalue weighted by Crippen LogP contribution is -2.53. The third-order valence-electron chi connectivity index (χ3n) is 6.83. The largest absolute Gasteiger partial charge is 0.492 e. The van der Waals surface area contributed by atoms with Crippen LogP contribution in [-0.4, -0.2) is 51.4 Å². The zero-order chi connectivity index (χ0) is 30.8. The van der Waals surface area contributed by atoms with Gasteiger partial charge in [0.1, 0.15) is 24.2 Å². The highest BCUT2D eigenvalue weighted by Gasteiger charge is 2.35. The van der Waals surface area contributed by atoms with Crippen LogP contribution >= 0.6 is 0 Å². The third kappa shape index (κ3) is 7.78. The van der Waals surface area contributed by atoms with Crippen LogP contribution < -0.4 is 14.4 Å². The van der Waals surface area contributed by atoms with Crippen LogP contribution in [0.15, 0.2) is 114 Å². The van der Waals surface area contributed by atoms with Crippen molar-refractivity contribution in [1.82, 2.24) is 10.2 Å². The summed E-state index contributed by atoms with van der Waals surface area (Å²) in [6.45, 7) is 1.37. The Morgan fingerprint density at radius 1 is 0.837 bits per heavy atom. The fourth-order valence-corrected chi connectivity index (χ4v) is 6.13. The van der Waals surface area contributed by atoms with Gasteiger partial charge in [0.25, 0.3) is 10.0 Å². The Hall–Kier alpha value is -4.70. The first kappa shape index (κ1) is 31.2. The molecule has 224 valence electrons. The lowest BCUT2D eigenvalue weighted by Gasteiger charge is -2.34. The van der Waals surface area contributed by atoms with E-state index in [2.05, 4.69) is 5.32 Å². The van der Waals surface area contributed by atoms with Gasteiger partial charge in [-0.2, -0.15) is 0 Å². The van der Waals surface area contributed by atoms with Crippen LogP contribution in [0.3, 0.4) is 0 Å². The predicted octanol–water partition coefficient (Wildman–Crippen LogP) is 4.81.